The topological polar surface area (TPSA) is 60.9 Å². The lowest BCUT2D eigenvalue weighted by atomic mass is 10.1. The molecule has 1 aromatic heterocycles. The van der Waals surface area contributed by atoms with Gasteiger partial charge in [-0.2, -0.15) is 5.10 Å². The van der Waals surface area contributed by atoms with Crippen LogP contribution in [0.25, 0.3) is 5.69 Å². The summed E-state index contributed by atoms with van der Waals surface area (Å²) < 4.78 is 1.72. The van der Waals surface area contributed by atoms with Crippen molar-refractivity contribution in [1.82, 2.24) is 9.78 Å². The van der Waals surface area contributed by atoms with Crippen LogP contribution in [0, 0.1) is 6.92 Å². The Hall–Kier alpha value is -2.01. The summed E-state index contributed by atoms with van der Waals surface area (Å²) in [5.41, 5.74) is 8.28. The highest BCUT2D eigenvalue weighted by Gasteiger charge is 2.11. The van der Waals surface area contributed by atoms with Crippen molar-refractivity contribution in [2.45, 2.75) is 20.3 Å². The van der Waals surface area contributed by atoms with E-state index >= 15 is 0 Å². The van der Waals surface area contributed by atoms with Gasteiger partial charge >= 0.3 is 0 Å². The van der Waals surface area contributed by atoms with Gasteiger partial charge in [-0.15, -0.1) is 0 Å². The highest BCUT2D eigenvalue weighted by atomic mass is 32.1. The molecule has 2 N–H and O–H groups in total. The molecule has 0 amide bonds. The molecule has 0 bridgehead atoms. The third kappa shape index (κ3) is 2.56. The van der Waals surface area contributed by atoms with Crippen molar-refractivity contribution in [1.29, 1.82) is 0 Å². The maximum atomic E-state index is 11.8. The Morgan fingerprint density at radius 1 is 1.42 bits per heavy atom. The lowest BCUT2D eigenvalue weighted by molar-refractivity contribution is 0.783. The molecule has 0 spiro atoms. The molecular formula is C14H15N3OS. The molecule has 4 nitrogen and oxygen atoms in total. The van der Waals surface area contributed by atoms with Crippen LogP contribution >= 0.6 is 12.2 Å². The predicted molar refractivity (Wildman–Crippen MR) is 79.8 cm³/mol. The summed E-state index contributed by atoms with van der Waals surface area (Å²) >= 11 is 4.87. The van der Waals surface area contributed by atoms with Gasteiger partial charge in [0.05, 0.1) is 5.69 Å². The minimum atomic E-state index is -0.241. The molecule has 0 radical (unpaired) electrons. The predicted octanol–water partition coefficient (Wildman–Crippen LogP) is 1.74. The number of benzene rings is 1. The average Bonchev–Trinajstić information content (AvgIpc) is 2.38. The first-order chi connectivity index (χ1) is 9.04. The quantitative estimate of drug-likeness (QED) is 0.865. The smallest absolute Gasteiger partial charge is 0.210 e. The first kappa shape index (κ1) is 13.4. The van der Waals surface area contributed by atoms with Gasteiger partial charge in [0, 0.05) is 11.8 Å². The second-order valence-corrected chi connectivity index (χ2v) is 4.70. The molecule has 0 atom stereocenters. The van der Waals surface area contributed by atoms with Gasteiger partial charge in [-0.05, 0) is 25.0 Å². The monoisotopic (exact) mass is 273 g/mol. The van der Waals surface area contributed by atoms with E-state index in [0.717, 1.165) is 23.4 Å². The largest absolute Gasteiger partial charge is 0.388 e. The lowest BCUT2D eigenvalue weighted by Gasteiger charge is -2.14. The second kappa shape index (κ2) is 5.32. The van der Waals surface area contributed by atoms with Gasteiger partial charge in [-0.25, -0.2) is 4.68 Å². The average molecular weight is 273 g/mol. The number of hydrogen-bond acceptors (Lipinski definition) is 3. The summed E-state index contributed by atoms with van der Waals surface area (Å²) in [4.78, 5) is 11.8. The zero-order valence-corrected chi connectivity index (χ0v) is 11.7. The van der Waals surface area contributed by atoms with Crippen molar-refractivity contribution in [3.8, 4) is 5.69 Å². The Morgan fingerprint density at radius 2 is 2.11 bits per heavy atom. The Bertz CT molecular complexity index is 691. The first-order valence-electron chi connectivity index (χ1n) is 6.03. The molecule has 0 aliphatic carbocycles. The molecule has 0 saturated heterocycles. The Kier molecular flexibility index (Phi) is 3.76. The van der Waals surface area contributed by atoms with E-state index in [1.807, 2.05) is 31.2 Å². The van der Waals surface area contributed by atoms with Crippen molar-refractivity contribution < 1.29 is 0 Å². The molecule has 0 aliphatic heterocycles. The first-order valence-corrected chi connectivity index (χ1v) is 6.44. The van der Waals surface area contributed by atoms with E-state index in [2.05, 4.69) is 12.0 Å². The molecule has 2 rings (SSSR count). The van der Waals surface area contributed by atoms with Crippen LogP contribution in [0.15, 0.2) is 35.1 Å². The zero-order chi connectivity index (χ0) is 14.0. The van der Waals surface area contributed by atoms with E-state index in [1.54, 1.807) is 4.68 Å². The highest BCUT2D eigenvalue weighted by Crippen LogP contribution is 2.15. The lowest BCUT2D eigenvalue weighted by Crippen LogP contribution is -2.26. The number of aryl methyl sites for hydroxylation is 2. The fraction of sp³-hybridized carbons (Fsp3) is 0.214. The molecular weight excluding hydrogens is 258 g/mol. The van der Waals surface area contributed by atoms with Crippen LogP contribution < -0.4 is 11.2 Å². The Balaban J connectivity index is 2.72. The molecule has 19 heavy (non-hydrogen) atoms. The van der Waals surface area contributed by atoms with Gasteiger partial charge in [-0.3, -0.25) is 4.79 Å². The van der Waals surface area contributed by atoms with Crippen molar-refractivity contribution in [3.05, 3.63) is 57.5 Å². The number of hydrogen-bond donors (Lipinski definition) is 1. The van der Waals surface area contributed by atoms with Crippen molar-refractivity contribution in [2.75, 3.05) is 0 Å². The molecule has 5 heteroatoms. The van der Waals surface area contributed by atoms with Crippen LogP contribution in [0.2, 0.25) is 0 Å². The van der Waals surface area contributed by atoms with E-state index < -0.39 is 0 Å². The van der Waals surface area contributed by atoms with E-state index in [0.29, 0.717) is 0 Å². The number of para-hydroxylation sites is 1. The summed E-state index contributed by atoms with van der Waals surface area (Å²) in [5.74, 6) is 0. The number of thiocarbonyl (C=S) groups is 1. The van der Waals surface area contributed by atoms with Crippen LogP contribution in [-0.2, 0) is 6.42 Å². The molecule has 0 unspecified atom stereocenters. The molecule has 1 aromatic carbocycles. The maximum absolute atomic E-state index is 11.8. The minimum Gasteiger partial charge on any atom is -0.388 e. The standard InChI is InChI=1S/C14H15N3OS/c1-3-10-6-4-5-7-11(10)17-9(2)8-12(18)13(16-17)14(15)19/h4-8H,3H2,1-2H3,(H2,15,19). The molecule has 0 saturated carbocycles. The Morgan fingerprint density at radius 3 is 2.74 bits per heavy atom. The normalized spacial score (nSPS) is 10.4. The highest BCUT2D eigenvalue weighted by molar-refractivity contribution is 7.80. The van der Waals surface area contributed by atoms with Crippen molar-refractivity contribution >= 4 is 17.2 Å². The second-order valence-electron chi connectivity index (χ2n) is 4.26. The maximum Gasteiger partial charge on any atom is 0.210 e. The summed E-state index contributed by atoms with van der Waals surface area (Å²) in [6, 6.07) is 9.43. The number of aromatic nitrogens is 2. The third-order valence-electron chi connectivity index (χ3n) is 2.94. The zero-order valence-electron chi connectivity index (χ0n) is 10.9. The van der Waals surface area contributed by atoms with Crippen molar-refractivity contribution in [2.24, 2.45) is 5.73 Å². The number of nitrogens with zero attached hydrogens (tertiary/aromatic N) is 2. The summed E-state index contributed by atoms with van der Waals surface area (Å²) in [6.45, 7) is 3.91. The van der Waals surface area contributed by atoms with Crippen LogP contribution in [0.1, 0.15) is 23.9 Å². The SMILES string of the molecule is CCc1ccccc1-n1nc(C(N)=S)c(=O)cc1C. The third-order valence-corrected chi connectivity index (χ3v) is 3.13. The summed E-state index contributed by atoms with van der Waals surface area (Å²) in [6.07, 6.45) is 0.881. The van der Waals surface area contributed by atoms with E-state index in [1.165, 1.54) is 6.07 Å². The van der Waals surface area contributed by atoms with E-state index in [-0.39, 0.29) is 16.1 Å². The number of nitrogens with two attached hydrogens (primary N) is 1. The molecule has 2 aromatic rings. The van der Waals surface area contributed by atoms with Crippen molar-refractivity contribution in [3.63, 3.8) is 0 Å². The fourth-order valence-electron chi connectivity index (χ4n) is 1.98. The van der Waals surface area contributed by atoms with Gasteiger partial charge in [-0.1, -0.05) is 37.3 Å². The summed E-state index contributed by atoms with van der Waals surface area (Å²) in [5, 5.41) is 4.29. The summed E-state index contributed by atoms with van der Waals surface area (Å²) in [7, 11) is 0. The van der Waals surface area contributed by atoms with Crippen LogP contribution in [0.3, 0.4) is 0 Å². The van der Waals surface area contributed by atoms with Crippen LogP contribution in [0.4, 0.5) is 0 Å². The van der Waals surface area contributed by atoms with E-state index in [9.17, 15) is 4.79 Å². The van der Waals surface area contributed by atoms with Gasteiger partial charge in [0.25, 0.3) is 0 Å². The van der Waals surface area contributed by atoms with Gasteiger partial charge < -0.3 is 5.73 Å². The van der Waals surface area contributed by atoms with Gasteiger partial charge in [0.15, 0.2) is 5.69 Å². The van der Waals surface area contributed by atoms with Crippen LogP contribution in [-0.4, -0.2) is 14.8 Å². The molecule has 0 fully saturated rings. The molecule has 0 aliphatic rings. The number of rotatable bonds is 3. The van der Waals surface area contributed by atoms with E-state index in [4.69, 9.17) is 18.0 Å². The van der Waals surface area contributed by atoms with Gasteiger partial charge in [0.1, 0.15) is 4.99 Å². The fourth-order valence-corrected chi connectivity index (χ4v) is 2.12. The minimum absolute atomic E-state index is 0.0210. The molecule has 1 heterocycles. The van der Waals surface area contributed by atoms with Gasteiger partial charge in [0.2, 0.25) is 5.43 Å². The van der Waals surface area contributed by atoms with Crippen LogP contribution in [0.5, 0.6) is 0 Å². The Labute approximate surface area is 116 Å². The molecule has 98 valence electrons.